The van der Waals surface area contributed by atoms with Gasteiger partial charge in [-0.05, 0) is 48.9 Å². The molecule has 0 aliphatic heterocycles. The number of nitrogens with zero attached hydrogens (tertiary/aromatic N) is 1. The zero-order valence-electron chi connectivity index (χ0n) is 24.4. The maximum absolute atomic E-state index is 8.25. The molecule has 5 nitrogen and oxygen atoms in total. The number of aryl methyl sites for hydroxylation is 2. The third-order valence-electron chi connectivity index (χ3n) is 6.26. The molecular formula is C32H50NNaO4. The first-order chi connectivity index (χ1) is 18.1. The van der Waals surface area contributed by atoms with Crippen LogP contribution in [-0.2, 0) is 12.8 Å². The van der Waals surface area contributed by atoms with Gasteiger partial charge in [0.25, 0.3) is 0 Å². The number of hydrogen-bond acceptors (Lipinski definition) is 4. The maximum Gasteiger partial charge on any atom is 1.00 e. The Balaban J connectivity index is 0. The third-order valence-corrected chi connectivity index (χ3v) is 6.26. The summed E-state index contributed by atoms with van der Waals surface area (Å²) >= 11 is 0. The molecule has 2 aromatic rings. The summed E-state index contributed by atoms with van der Waals surface area (Å²) < 4.78 is 6.46. The zero-order chi connectivity index (χ0) is 27.6. The van der Waals surface area contributed by atoms with Gasteiger partial charge < -0.3 is 20.1 Å². The summed E-state index contributed by atoms with van der Waals surface area (Å²) in [6.45, 7) is 10.6. The normalized spacial score (nSPS) is 9.74. The third kappa shape index (κ3) is 21.2. The van der Waals surface area contributed by atoms with Gasteiger partial charge in [-0.25, -0.2) is 0 Å². The van der Waals surface area contributed by atoms with E-state index in [9.17, 15) is 0 Å². The summed E-state index contributed by atoms with van der Waals surface area (Å²) in [6.07, 6.45) is 21.1. The van der Waals surface area contributed by atoms with E-state index in [4.69, 9.17) is 20.1 Å². The molecule has 6 heteroatoms. The number of ether oxygens (including phenoxy) is 1. The van der Waals surface area contributed by atoms with E-state index in [1.807, 2.05) is 0 Å². The van der Waals surface area contributed by atoms with Gasteiger partial charge in [0.05, 0.1) is 5.09 Å². The molecule has 0 spiro atoms. The molecule has 0 heterocycles. The van der Waals surface area contributed by atoms with Crippen molar-refractivity contribution < 1.29 is 39.4 Å². The Bertz CT molecular complexity index is 752. The van der Waals surface area contributed by atoms with E-state index in [1.54, 1.807) is 0 Å². The van der Waals surface area contributed by atoms with Crippen LogP contribution in [0, 0.1) is 15.3 Å². The molecule has 0 aliphatic carbocycles. The number of unbranched alkanes of at least 4 members (excludes halogenated alkanes) is 12. The Morgan fingerprint density at radius 2 is 0.895 bits per heavy atom. The van der Waals surface area contributed by atoms with E-state index in [1.165, 1.54) is 101 Å². The van der Waals surface area contributed by atoms with Crippen LogP contribution in [0.1, 0.15) is 115 Å². The molecule has 0 radical (unpaired) electrons. The predicted molar refractivity (Wildman–Crippen MR) is 158 cm³/mol. The molecule has 0 saturated heterocycles. The summed E-state index contributed by atoms with van der Waals surface area (Å²) in [7, 11) is 0. The van der Waals surface area contributed by atoms with Crippen LogP contribution in [0.4, 0.5) is 0 Å². The largest absolute Gasteiger partial charge is 1.00 e. The minimum absolute atomic E-state index is 0. The smallest absolute Gasteiger partial charge is 0.457 e. The number of hydrogen-bond donors (Lipinski definition) is 0. The molecular weight excluding hydrogens is 485 g/mol. The van der Waals surface area contributed by atoms with Crippen LogP contribution in [0.25, 0.3) is 0 Å². The van der Waals surface area contributed by atoms with Crippen molar-refractivity contribution in [1.82, 2.24) is 0 Å². The van der Waals surface area contributed by atoms with Gasteiger partial charge in [0.15, 0.2) is 0 Å². The molecule has 0 N–H and O–H groups in total. The second-order valence-electron chi connectivity index (χ2n) is 9.28. The SMILES string of the molecule is C=C.CCCCCCCCCc1ccccc1Oc1ccccc1CCCCCCCCC.O=[N+]([O-])[O-].[Na+]. The molecule has 2 rings (SSSR count). The fourth-order valence-corrected chi connectivity index (χ4v) is 4.28. The molecule has 208 valence electrons. The molecule has 0 bridgehead atoms. The van der Waals surface area contributed by atoms with Gasteiger partial charge in [0, 0.05) is 0 Å². The molecule has 0 fully saturated rings. The molecule has 0 unspecified atom stereocenters. The van der Waals surface area contributed by atoms with Crippen LogP contribution in [0.3, 0.4) is 0 Å². The summed E-state index contributed by atoms with van der Waals surface area (Å²) in [5, 5.41) is 14.8. The molecule has 0 aromatic heterocycles. The maximum atomic E-state index is 8.25. The van der Waals surface area contributed by atoms with Gasteiger partial charge >= 0.3 is 29.6 Å². The van der Waals surface area contributed by atoms with Crippen LogP contribution in [-0.4, -0.2) is 5.09 Å². The minimum atomic E-state index is -1.75. The monoisotopic (exact) mass is 535 g/mol. The van der Waals surface area contributed by atoms with Gasteiger partial charge in [0.1, 0.15) is 11.5 Å². The summed E-state index contributed by atoms with van der Waals surface area (Å²) in [5.74, 6) is 2.08. The van der Waals surface area contributed by atoms with Gasteiger partial charge in [0.2, 0.25) is 0 Å². The van der Waals surface area contributed by atoms with Crippen molar-refractivity contribution in [2.24, 2.45) is 0 Å². The van der Waals surface area contributed by atoms with Crippen molar-refractivity contribution in [3.8, 4) is 11.5 Å². The summed E-state index contributed by atoms with van der Waals surface area (Å²) in [4.78, 5) is 8.25. The second kappa shape index (κ2) is 28.2. The quantitative estimate of drug-likeness (QED) is 0.0646. The van der Waals surface area contributed by atoms with E-state index in [0.717, 1.165) is 24.3 Å². The number of benzene rings is 2. The van der Waals surface area contributed by atoms with Crippen LogP contribution in [0.15, 0.2) is 61.7 Å². The molecule has 0 amide bonds. The van der Waals surface area contributed by atoms with Gasteiger partial charge in [-0.3, -0.25) is 0 Å². The van der Waals surface area contributed by atoms with E-state index < -0.39 is 5.09 Å². The van der Waals surface area contributed by atoms with Gasteiger partial charge in [-0.15, -0.1) is 13.2 Å². The van der Waals surface area contributed by atoms with Crippen molar-refractivity contribution in [1.29, 1.82) is 0 Å². The molecule has 0 atom stereocenters. The van der Waals surface area contributed by atoms with Crippen molar-refractivity contribution in [3.05, 3.63) is 88.1 Å². The van der Waals surface area contributed by atoms with E-state index >= 15 is 0 Å². The van der Waals surface area contributed by atoms with Crippen molar-refractivity contribution in [2.75, 3.05) is 0 Å². The first-order valence-electron chi connectivity index (χ1n) is 14.2. The fraction of sp³-hybridized carbons (Fsp3) is 0.562. The van der Waals surface area contributed by atoms with E-state index in [0.29, 0.717) is 0 Å². The Morgan fingerprint density at radius 3 is 1.24 bits per heavy atom. The molecule has 38 heavy (non-hydrogen) atoms. The van der Waals surface area contributed by atoms with Gasteiger partial charge in [-0.2, -0.15) is 0 Å². The van der Waals surface area contributed by atoms with Crippen LogP contribution in [0.2, 0.25) is 0 Å². The van der Waals surface area contributed by atoms with Crippen LogP contribution in [0.5, 0.6) is 11.5 Å². The van der Waals surface area contributed by atoms with Crippen molar-refractivity contribution in [3.63, 3.8) is 0 Å². The first-order valence-corrected chi connectivity index (χ1v) is 14.2. The molecule has 0 aliphatic rings. The van der Waals surface area contributed by atoms with Crippen LogP contribution >= 0.6 is 0 Å². The Hall–Kier alpha value is -1.82. The second-order valence-corrected chi connectivity index (χ2v) is 9.28. The minimum Gasteiger partial charge on any atom is -0.457 e. The first kappa shape index (κ1) is 38.3. The van der Waals surface area contributed by atoms with Crippen molar-refractivity contribution in [2.45, 2.75) is 117 Å². The Labute approximate surface area is 254 Å². The summed E-state index contributed by atoms with van der Waals surface area (Å²) in [6, 6.07) is 17.3. The van der Waals surface area contributed by atoms with Crippen LogP contribution < -0.4 is 34.3 Å². The fourth-order valence-electron chi connectivity index (χ4n) is 4.28. The van der Waals surface area contributed by atoms with E-state index in [2.05, 4.69) is 75.5 Å². The topological polar surface area (TPSA) is 75.4 Å². The summed E-state index contributed by atoms with van der Waals surface area (Å²) in [5.41, 5.74) is 2.70. The number of para-hydroxylation sites is 2. The standard InChI is InChI=1S/C30H46O.C2H4.NO3.Na/c1-3-5-7-9-11-13-15-21-27-23-17-19-25-29(27)31-30-26-20-18-24-28(30)22-16-14-12-10-8-6-4-2;1-2;2-1(3)4;/h17-20,23-26H,3-16,21-22H2,1-2H3;1-2H2;;/q;;-1;+1. The van der Waals surface area contributed by atoms with E-state index in [-0.39, 0.29) is 29.6 Å². The zero-order valence-corrected chi connectivity index (χ0v) is 26.4. The molecule has 0 saturated carbocycles. The number of rotatable bonds is 18. The average Bonchev–Trinajstić information content (AvgIpc) is 2.90. The Kier molecular flexibility index (Phi) is 28.4. The van der Waals surface area contributed by atoms with Gasteiger partial charge in [-0.1, -0.05) is 127 Å². The Morgan fingerprint density at radius 1 is 0.605 bits per heavy atom. The molecule has 2 aromatic carbocycles. The van der Waals surface area contributed by atoms with Crippen molar-refractivity contribution >= 4 is 0 Å². The average molecular weight is 536 g/mol. The predicted octanol–water partition coefficient (Wildman–Crippen LogP) is 7.63.